The van der Waals surface area contributed by atoms with Crippen molar-refractivity contribution in [3.8, 4) is 0 Å². The third-order valence-corrected chi connectivity index (χ3v) is 6.66. The first-order chi connectivity index (χ1) is 18.5. The van der Waals surface area contributed by atoms with Gasteiger partial charge in [0.15, 0.2) is 0 Å². The quantitative estimate of drug-likeness (QED) is 0.274. The molecule has 4 rings (SSSR count). The number of nitrogens with zero attached hydrogens (tertiary/aromatic N) is 1. The number of anilines is 3. The normalized spacial score (nSPS) is 13.7. The second-order valence-electron chi connectivity index (χ2n) is 8.76. The van der Waals surface area contributed by atoms with E-state index in [2.05, 4.69) is 17.6 Å². The molecule has 0 radical (unpaired) electrons. The van der Waals surface area contributed by atoms with Crippen molar-refractivity contribution in [3.05, 3.63) is 99.2 Å². The van der Waals surface area contributed by atoms with E-state index in [1.165, 1.54) is 24.3 Å². The minimum atomic E-state index is -4.61. The predicted octanol–water partition coefficient (Wildman–Crippen LogP) is 7.39. The Hall–Kier alpha value is -3.82. The summed E-state index contributed by atoms with van der Waals surface area (Å²) in [7, 11) is 0. The van der Waals surface area contributed by atoms with Gasteiger partial charge in [-0.05, 0) is 66.9 Å². The number of imide groups is 1. The highest BCUT2D eigenvalue weighted by Crippen LogP contribution is 2.34. The van der Waals surface area contributed by atoms with Crippen molar-refractivity contribution >= 4 is 58.0 Å². The van der Waals surface area contributed by atoms with Crippen LogP contribution in [0.4, 0.5) is 30.2 Å². The number of hydrogen-bond acceptors (Lipinski definition) is 4. The third-order valence-electron chi connectivity index (χ3n) is 5.98. The van der Waals surface area contributed by atoms with Crippen molar-refractivity contribution in [1.82, 2.24) is 0 Å². The molecule has 0 saturated carbocycles. The molecule has 3 aromatic rings. The van der Waals surface area contributed by atoms with Crippen molar-refractivity contribution in [2.24, 2.45) is 0 Å². The standard InChI is InChI=1S/C28H22Cl2F3N3O3/c1-2-3-5-16-8-11-20(12-9-16)36-26(38)23(30)24(27(36)39)34-19-7-4-6-17(14-19)25(37)35-22-15-18(28(31,32)33)10-13-21(22)29/h4,6-15,34H,2-3,5H2,1H3,(H,35,37). The zero-order valence-corrected chi connectivity index (χ0v) is 22.0. The van der Waals surface area contributed by atoms with Crippen LogP contribution in [-0.4, -0.2) is 17.7 Å². The average Bonchev–Trinajstić information content (AvgIpc) is 3.11. The van der Waals surface area contributed by atoms with Crippen LogP contribution in [0.2, 0.25) is 5.02 Å². The summed E-state index contributed by atoms with van der Waals surface area (Å²) in [5, 5.41) is 4.76. The van der Waals surface area contributed by atoms with Gasteiger partial charge >= 0.3 is 6.18 Å². The third kappa shape index (κ3) is 6.26. The van der Waals surface area contributed by atoms with E-state index in [9.17, 15) is 27.6 Å². The Morgan fingerprint density at radius 3 is 2.33 bits per heavy atom. The fraction of sp³-hybridized carbons (Fsp3) is 0.179. The predicted molar refractivity (Wildman–Crippen MR) is 145 cm³/mol. The van der Waals surface area contributed by atoms with Crippen LogP contribution in [0.3, 0.4) is 0 Å². The van der Waals surface area contributed by atoms with E-state index in [1.807, 2.05) is 12.1 Å². The van der Waals surface area contributed by atoms with E-state index < -0.39 is 29.5 Å². The Kier molecular flexibility index (Phi) is 8.32. The number of rotatable bonds is 8. The maximum atomic E-state index is 13.1. The highest BCUT2D eigenvalue weighted by Gasteiger charge is 2.39. The molecule has 0 saturated heterocycles. The van der Waals surface area contributed by atoms with Gasteiger partial charge in [-0.3, -0.25) is 14.4 Å². The summed E-state index contributed by atoms with van der Waals surface area (Å²) in [5.74, 6) is -2.10. The fourth-order valence-electron chi connectivity index (χ4n) is 3.91. The number of halogens is 5. The van der Waals surface area contributed by atoms with Gasteiger partial charge in [0.2, 0.25) is 0 Å². The first kappa shape index (κ1) is 28.2. The number of unbranched alkanes of at least 4 members (excludes halogenated alkanes) is 1. The molecule has 2 N–H and O–H groups in total. The SMILES string of the molecule is CCCCc1ccc(N2C(=O)C(Cl)=C(Nc3cccc(C(=O)Nc4cc(C(F)(F)F)ccc4Cl)c3)C2=O)cc1. The molecule has 3 amide bonds. The largest absolute Gasteiger partial charge is 0.416 e. The molecule has 202 valence electrons. The summed E-state index contributed by atoms with van der Waals surface area (Å²) < 4.78 is 39.2. The number of hydrogen-bond donors (Lipinski definition) is 2. The lowest BCUT2D eigenvalue weighted by Gasteiger charge is -2.16. The molecule has 0 bridgehead atoms. The Bertz CT molecular complexity index is 1470. The number of aryl methyl sites for hydroxylation is 1. The zero-order valence-electron chi connectivity index (χ0n) is 20.5. The molecule has 0 aliphatic carbocycles. The molecular formula is C28H22Cl2F3N3O3. The summed E-state index contributed by atoms with van der Waals surface area (Å²) in [6.45, 7) is 2.09. The van der Waals surface area contributed by atoms with E-state index in [-0.39, 0.29) is 32.7 Å². The van der Waals surface area contributed by atoms with Crippen molar-refractivity contribution < 1.29 is 27.6 Å². The lowest BCUT2D eigenvalue weighted by atomic mass is 10.1. The van der Waals surface area contributed by atoms with Crippen LogP contribution < -0.4 is 15.5 Å². The zero-order chi connectivity index (χ0) is 28.3. The van der Waals surface area contributed by atoms with Gasteiger partial charge in [-0.1, -0.05) is 54.7 Å². The molecule has 1 aliphatic heterocycles. The highest BCUT2D eigenvalue weighted by atomic mass is 35.5. The smallest absolute Gasteiger partial charge is 0.350 e. The first-order valence-corrected chi connectivity index (χ1v) is 12.7. The van der Waals surface area contributed by atoms with E-state index >= 15 is 0 Å². The number of alkyl halides is 3. The van der Waals surface area contributed by atoms with Gasteiger partial charge in [-0.2, -0.15) is 13.2 Å². The number of benzene rings is 3. The van der Waals surface area contributed by atoms with Crippen molar-refractivity contribution in [2.45, 2.75) is 32.4 Å². The summed E-state index contributed by atoms with van der Waals surface area (Å²) in [5.41, 5.74) is 0.405. The topological polar surface area (TPSA) is 78.5 Å². The second-order valence-corrected chi connectivity index (χ2v) is 9.54. The summed E-state index contributed by atoms with van der Waals surface area (Å²) in [6.07, 6.45) is -1.67. The Morgan fingerprint density at radius 1 is 0.949 bits per heavy atom. The van der Waals surface area contributed by atoms with Gasteiger partial charge in [0.05, 0.1) is 22.0 Å². The molecule has 0 spiro atoms. The highest BCUT2D eigenvalue weighted by molar-refractivity contribution is 6.53. The molecule has 11 heteroatoms. The van der Waals surface area contributed by atoms with Gasteiger partial charge in [0.25, 0.3) is 17.7 Å². The van der Waals surface area contributed by atoms with Crippen LogP contribution >= 0.6 is 23.2 Å². The average molecular weight is 576 g/mol. The Labute approximate surface area is 232 Å². The maximum Gasteiger partial charge on any atom is 0.416 e. The number of nitrogens with one attached hydrogen (secondary N) is 2. The molecule has 0 atom stereocenters. The van der Waals surface area contributed by atoms with Crippen LogP contribution in [0.5, 0.6) is 0 Å². The number of carbonyl (C=O) groups excluding carboxylic acids is 3. The number of carbonyl (C=O) groups is 3. The molecular weight excluding hydrogens is 554 g/mol. The molecule has 6 nitrogen and oxygen atoms in total. The van der Waals surface area contributed by atoms with Gasteiger partial charge in [-0.15, -0.1) is 0 Å². The van der Waals surface area contributed by atoms with Crippen LogP contribution in [0.15, 0.2) is 77.5 Å². The number of amides is 3. The van der Waals surface area contributed by atoms with Gasteiger partial charge in [0, 0.05) is 11.3 Å². The van der Waals surface area contributed by atoms with Crippen LogP contribution in [0.1, 0.15) is 41.3 Å². The van der Waals surface area contributed by atoms with E-state index in [1.54, 1.807) is 12.1 Å². The lowest BCUT2D eigenvalue weighted by molar-refractivity contribution is -0.137. The summed E-state index contributed by atoms with van der Waals surface area (Å²) in [6, 6.07) is 15.5. The molecule has 1 heterocycles. The maximum absolute atomic E-state index is 13.1. The summed E-state index contributed by atoms with van der Waals surface area (Å²) in [4.78, 5) is 39.7. The van der Waals surface area contributed by atoms with Crippen molar-refractivity contribution in [2.75, 3.05) is 15.5 Å². The monoisotopic (exact) mass is 575 g/mol. The van der Waals surface area contributed by atoms with Gasteiger partial charge in [0.1, 0.15) is 10.7 Å². The minimum absolute atomic E-state index is 0.0569. The van der Waals surface area contributed by atoms with Crippen LogP contribution in [0, 0.1) is 0 Å². The Morgan fingerprint density at radius 2 is 1.67 bits per heavy atom. The molecule has 39 heavy (non-hydrogen) atoms. The van der Waals surface area contributed by atoms with E-state index in [4.69, 9.17) is 23.2 Å². The molecule has 3 aromatic carbocycles. The van der Waals surface area contributed by atoms with Crippen molar-refractivity contribution in [1.29, 1.82) is 0 Å². The second kappa shape index (κ2) is 11.5. The summed E-state index contributed by atoms with van der Waals surface area (Å²) >= 11 is 12.2. The van der Waals surface area contributed by atoms with Crippen LogP contribution in [0.25, 0.3) is 0 Å². The molecule has 0 unspecified atom stereocenters. The van der Waals surface area contributed by atoms with Crippen molar-refractivity contribution in [3.63, 3.8) is 0 Å². The molecule has 0 aromatic heterocycles. The minimum Gasteiger partial charge on any atom is -0.350 e. The molecule has 1 aliphatic rings. The first-order valence-electron chi connectivity index (χ1n) is 11.9. The van der Waals surface area contributed by atoms with Gasteiger partial charge < -0.3 is 10.6 Å². The van der Waals surface area contributed by atoms with E-state index in [0.29, 0.717) is 5.69 Å². The molecule has 0 fully saturated rings. The van der Waals surface area contributed by atoms with Gasteiger partial charge in [-0.25, -0.2) is 4.90 Å². The fourth-order valence-corrected chi connectivity index (χ4v) is 4.29. The lowest BCUT2D eigenvalue weighted by Crippen LogP contribution is -2.32. The van der Waals surface area contributed by atoms with Crippen LogP contribution in [-0.2, 0) is 22.2 Å². The Balaban J connectivity index is 1.51. The van der Waals surface area contributed by atoms with E-state index in [0.717, 1.165) is 47.9 Å².